The van der Waals surface area contributed by atoms with Crippen molar-refractivity contribution in [1.82, 2.24) is 4.90 Å². The molecular formula is C17H22ClNO2S. The lowest BCUT2D eigenvalue weighted by atomic mass is 10.0. The van der Waals surface area contributed by atoms with Gasteiger partial charge in [0.05, 0.1) is 5.02 Å². The molecule has 5 heteroatoms. The zero-order chi connectivity index (χ0) is 15.7. The number of rotatable bonds is 5. The number of carboxylic acid groups (broad SMARTS) is 1. The molecule has 0 spiro atoms. The van der Waals surface area contributed by atoms with Gasteiger partial charge >= 0.3 is 5.97 Å². The highest BCUT2D eigenvalue weighted by Gasteiger charge is 2.38. The van der Waals surface area contributed by atoms with E-state index < -0.39 is 5.97 Å². The van der Waals surface area contributed by atoms with Crippen molar-refractivity contribution >= 4 is 29.3 Å². The molecule has 0 aromatic heterocycles. The van der Waals surface area contributed by atoms with Crippen LogP contribution in [0.25, 0.3) is 0 Å². The van der Waals surface area contributed by atoms with E-state index in [9.17, 15) is 4.79 Å². The van der Waals surface area contributed by atoms with E-state index in [4.69, 9.17) is 16.7 Å². The Morgan fingerprint density at radius 1 is 1.36 bits per heavy atom. The Balaban J connectivity index is 1.62. The largest absolute Gasteiger partial charge is 0.481 e. The summed E-state index contributed by atoms with van der Waals surface area (Å²) in [5.74, 6) is -0.767. The molecular weight excluding hydrogens is 318 g/mol. The van der Waals surface area contributed by atoms with Crippen molar-refractivity contribution in [3.05, 3.63) is 28.8 Å². The Kier molecular flexibility index (Phi) is 5.00. The quantitative estimate of drug-likeness (QED) is 0.877. The van der Waals surface area contributed by atoms with Gasteiger partial charge in [-0.1, -0.05) is 17.7 Å². The first-order valence-electron chi connectivity index (χ1n) is 7.91. The van der Waals surface area contributed by atoms with Gasteiger partial charge in [-0.2, -0.15) is 0 Å². The molecule has 1 aromatic carbocycles. The van der Waals surface area contributed by atoms with E-state index in [0.29, 0.717) is 11.7 Å². The van der Waals surface area contributed by atoms with Gasteiger partial charge in [-0.15, -0.1) is 11.8 Å². The van der Waals surface area contributed by atoms with Crippen LogP contribution < -0.4 is 0 Å². The SMILES string of the molecule is CN1[C@@H]2CC[C@H]1CC(Sc1ccc(CCC(=O)O)cc1Cl)C2. The van der Waals surface area contributed by atoms with Crippen molar-refractivity contribution in [2.24, 2.45) is 0 Å². The smallest absolute Gasteiger partial charge is 0.303 e. The summed E-state index contributed by atoms with van der Waals surface area (Å²) < 4.78 is 0. The maximum absolute atomic E-state index is 10.6. The topological polar surface area (TPSA) is 40.5 Å². The fourth-order valence-electron chi connectivity index (χ4n) is 3.68. The summed E-state index contributed by atoms with van der Waals surface area (Å²) in [6, 6.07) is 7.48. The number of piperidine rings is 1. The zero-order valence-electron chi connectivity index (χ0n) is 12.8. The summed E-state index contributed by atoms with van der Waals surface area (Å²) in [5, 5.41) is 10.2. The van der Waals surface area contributed by atoms with Crippen LogP contribution in [-0.2, 0) is 11.2 Å². The Labute approximate surface area is 141 Å². The summed E-state index contributed by atoms with van der Waals surface area (Å²) >= 11 is 8.30. The molecule has 1 N–H and O–H groups in total. The molecule has 2 bridgehead atoms. The van der Waals surface area contributed by atoms with Crippen LogP contribution in [0.5, 0.6) is 0 Å². The Morgan fingerprint density at radius 3 is 2.64 bits per heavy atom. The molecule has 1 unspecified atom stereocenters. The van der Waals surface area contributed by atoms with E-state index in [1.807, 2.05) is 23.9 Å². The van der Waals surface area contributed by atoms with Crippen LogP contribution in [0.1, 0.15) is 37.7 Å². The van der Waals surface area contributed by atoms with Crippen molar-refractivity contribution in [2.75, 3.05) is 7.05 Å². The highest BCUT2D eigenvalue weighted by molar-refractivity contribution is 8.00. The molecule has 2 aliphatic heterocycles. The first-order valence-corrected chi connectivity index (χ1v) is 9.17. The number of aryl methyl sites for hydroxylation is 1. The van der Waals surface area contributed by atoms with Gasteiger partial charge in [-0.25, -0.2) is 0 Å². The number of carboxylic acids is 1. The van der Waals surface area contributed by atoms with Crippen LogP contribution in [0.4, 0.5) is 0 Å². The number of fused-ring (bicyclic) bond motifs is 2. The summed E-state index contributed by atoms with van der Waals surface area (Å²) in [6.07, 6.45) is 5.85. The van der Waals surface area contributed by atoms with Gasteiger partial charge in [0.25, 0.3) is 0 Å². The van der Waals surface area contributed by atoms with Crippen LogP contribution in [0.15, 0.2) is 23.1 Å². The molecule has 3 atom stereocenters. The van der Waals surface area contributed by atoms with Crippen molar-refractivity contribution < 1.29 is 9.90 Å². The van der Waals surface area contributed by atoms with E-state index >= 15 is 0 Å². The van der Waals surface area contributed by atoms with Crippen molar-refractivity contribution in [3.8, 4) is 0 Å². The molecule has 2 aliphatic rings. The molecule has 1 aromatic rings. The molecule has 3 nitrogen and oxygen atoms in total. The van der Waals surface area contributed by atoms with E-state index in [0.717, 1.165) is 27.6 Å². The number of hydrogen-bond acceptors (Lipinski definition) is 3. The maximum atomic E-state index is 10.6. The Bertz CT molecular complexity index is 552. The number of benzene rings is 1. The second kappa shape index (κ2) is 6.81. The minimum Gasteiger partial charge on any atom is -0.481 e. The summed E-state index contributed by atoms with van der Waals surface area (Å²) in [4.78, 5) is 14.3. The van der Waals surface area contributed by atoms with Crippen LogP contribution in [0.2, 0.25) is 5.02 Å². The van der Waals surface area contributed by atoms with Crippen LogP contribution in [0.3, 0.4) is 0 Å². The Hall–Kier alpha value is -0.710. The zero-order valence-corrected chi connectivity index (χ0v) is 14.4. The minimum absolute atomic E-state index is 0.154. The van der Waals surface area contributed by atoms with Crippen LogP contribution in [-0.4, -0.2) is 40.4 Å². The third-order valence-electron chi connectivity index (χ3n) is 4.97. The van der Waals surface area contributed by atoms with Gasteiger partial charge < -0.3 is 10.0 Å². The third-order valence-corrected chi connectivity index (χ3v) is 6.73. The normalized spacial score (nSPS) is 28.0. The van der Waals surface area contributed by atoms with Crippen molar-refractivity contribution in [1.29, 1.82) is 0 Å². The number of thioether (sulfide) groups is 1. The van der Waals surface area contributed by atoms with Gasteiger partial charge in [0.1, 0.15) is 0 Å². The number of carbonyl (C=O) groups is 1. The summed E-state index contributed by atoms with van der Waals surface area (Å²) in [7, 11) is 2.26. The number of halogens is 1. The molecule has 120 valence electrons. The predicted octanol–water partition coefficient (Wildman–Crippen LogP) is 4.07. The monoisotopic (exact) mass is 339 g/mol. The fraction of sp³-hybridized carbons (Fsp3) is 0.588. The van der Waals surface area contributed by atoms with E-state index in [1.54, 1.807) is 0 Å². The van der Waals surface area contributed by atoms with Crippen molar-refractivity contribution in [3.63, 3.8) is 0 Å². The lowest BCUT2D eigenvalue weighted by molar-refractivity contribution is -0.136. The van der Waals surface area contributed by atoms with Crippen LogP contribution in [0, 0.1) is 0 Å². The van der Waals surface area contributed by atoms with Crippen LogP contribution >= 0.6 is 23.4 Å². The first-order chi connectivity index (χ1) is 10.5. The first kappa shape index (κ1) is 16.2. The van der Waals surface area contributed by atoms with Gasteiger partial charge in [0, 0.05) is 28.6 Å². The molecule has 2 heterocycles. The lowest BCUT2D eigenvalue weighted by Crippen LogP contribution is -2.40. The molecule has 0 saturated carbocycles. The van der Waals surface area contributed by atoms with Crippen molar-refractivity contribution in [2.45, 2.75) is 60.8 Å². The minimum atomic E-state index is -0.767. The Morgan fingerprint density at radius 2 is 2.05 bits per heavy atom. The third kappa shape index (κ3) is 3.61. The second-order valence-corrected chi connectivity index (χ2v) is 8.17. The highest BCUT2D eigenvalue weighted by Crippen LogP contribution is 2.43. The van der Waals surface area contributed by atoms with E-state index in [2.05, 4.69) is 18.0 Å². The highest BCUT2D eigenvalue weighted by atomic mass is 35.5. The standard InChI is InChI=1S/C17H22ClNO2S/c1-19-12-4-5-13(19)10-14(9-12)22-16-6-2-11(8-15(16)18)3-7-17(20)21/h2,6,8,12-14H,3-5,7,9-10H2,1H3,(H,20,21)/t12-,13+,14?. The summed E-state index contributed by atoms with van der Waals surface area (Å²) in [6.45, 7) is 0. The molecule has 22 heavy (non-hydrogen) atoms. The van der Waals surface area contributed by atoms with Gasteiger partial charge in [-0.05, 0) is 56.8 Å². The number of hydrogen-bond donors (Lipinski definition) is 1. The second-order valence-electron chi connectivity index (χ2n) is 6.42. The fourth-order valence-corrected chi connectivity index (χ4v) is 5.33. The molecule has 0 aliphatic carbocycles. The maximum Gasteiger partial charge on any atom is 0.303 e. The van der Waals surface area contributed by atoms with Gasteiger partial charge in [-0.3, -0.25) is 4.79 Å². The molecule has 2 fully saturated rings. The van der Waals surface area contributed by atoms with E-state index in [1.165, 1.54) is 25.7 Å². The molecule has 0 radical (unpaired) electrons. The van der Waals surface area contributed by atoms with E-state index in [-0.39, 0.29) is 6.42 Å². The average molecular weight is 340 g/mol. The molecule has 2 saturated heterocycles. The average Bonchev–Trinajstić information content (AvgIpc) is 2.70. The lowest BCUT2D eigenvalue weighted by Gasteiger charge is -2.36. The van der Waals surface area contributed by atoms with Gasteiger partial charge in [0.15, 0.2) is 0 Å². The summed E-state index contributed by atoms with van der Waals surface area (Å²) in [5.41, 5.74) is 1.00. The molecule has 3 rings (SSSR count). The van der Waals surface area contributed by atoms with Gasteiger partial charge in [0.2, 0.25) is 0 Å². The molecule has 0 amide bonds. The predicted molar refractivity (Wildman–Crippen MR) is 90.9 cm³/mol. The number of aliphatic carboxylic acids is 1. The number of nitrogens with zero attached hydrogens (tertiary/aromatic N) is 1.